The number of hydrogen-bond donors (Lipinski definition) is 1. The first-order valence-corrected chi connectivity index (χ1v) is 9.34. The molecule has 25 heavy (non-hydrogen) atoms. The van der Waals surface area contributed by atoms with Crippen molar-refractivity contribution in [3.8, 4) is 10.6 Å². The minimum atomic E-state index is -0.0354. The normalized spacial score (nSPS) is 12.0. The summed E-state index contributed by atoms with van der Waals surface area (Å²) < 4.78 is 0. The SMILES string of the molecule is Cc1ccccc1C(C)NC(=O)Cc1csc(-c2ccccc2Cl)n1. The summed E-state index contributed by atoms with van der Waals surface area (Å²) in [7, 11) is 0. The molecule has 1 N–H and O–H groups in total. The highest BCUT2D eigenvalue weighted by Crippen LogP contribution is 2.30. The predicted molar refractivity (Wildman–Crippen MR) is 104 cm³/mol. The molecule has 3 nitrogen and oxygen atoms in total. The summed E-state index contributed by atoms with van der Waals surface area (Å²) in [6, 6.07) is 15.6. The number of carbonyl (C=O) groups is 1. The van der Waals surface area contributed by atoms with Crippen LogP contribution in [-0.2, 0) is 11.2 Å². The van der Waals surface area contributed by atoms with Gasteiger partial charge >= 0.3 is 0 Å². The molecule has 0 bridgehead atoms. The summed E-state index contributed by atoms with van der Waals surface area (Å²) in [4.78, 5) is 16.9. The highest BCUT2D eigenvalue weighted by molar-refractivity contribution is 7.13. The number of rotatable bonds is 5. The molecule has 128 valence electrons. The zero-order chi connectivity index (χ0) is 17.8. The van der Waals surface area contributed by atoms with Crippen LogP contribution in [0.1, 0.15) is 29.8 Å². The molecular formula is C20H19ClN2OS. The molecule has 1 atom stereocenters. The predicted octanol–water partition coefficient (Wildman–Crippen LogP) is 5.19. The molecule has 3 rings (SSSR count). The quantitative estimate of drug-likeness (QED) is 0.671. The molecule has 0 saturated heterocycles. The largest absolute Gasteiger partial charge is 0.349 e. The Labute approximate surface area is 156 Å². The maximum absolute atomic E-state index is 12.3. The van der Waals surface area contributed by atoms with Crippen LogP contribution in [0.5, 0.6) is 0 Å². The zero-order valence-electron chi connectivity index (χ0n) is 14.1. The topological polar surface area (TPSA) is 42.0 Å². The highest BCUT2D eigenvalue weighted by atomic mass is 35.5. The van der Waals surface area contributed by atoms with Crippen LogP contribution in [0, 0.1) is 6.92 Å². The van der Waals surface area contributed by atoms with Crippen LogP contribution in [-0.4, -0.2) is 10.9 Å². The summed E-state index contributed by atoms with van der Waals surface area (Å²) in [5.41, 5.74) is 3.96. The van der Waals surface area contributed by atoms with Crippen LogP contribution >= 0.6 is 22.9 Å². The lowest BCUT2D eigenvalue weighted by Crippen LogP contribution is -2.28. The number of hydrogen-bond acceptors (Lipinski definition) is 3. The molecule has 0 aliphatic heterocycles. The standard InChI is InChI=1S/C20H19ClN2OS/c1-13-7-3-4-8-16(13)14(2)22-19(24)11-15-12-25-20(23-15)17-9-5-6-10-18(17)21/h3-10,12,14H,11H2,1-2H3,(H,22,24). The molecule has 0 spiro atoms. The summed E-state index contributed by atoms with van der Waals surface area (Å²) in [6.45, 7) is 4.05. The number of nitrogens with one attached hydrogen (secondary N) is 1. The van der Waals surface area contributed by atoms with E-state index in [1.807, 2.05) is 67.8 Å². The Balaban J connectivity index is 1.66. The van der Waals surface area contributed by atoms with Gasteiger partial charge in [-0.15, -0.1) is 11.3 Å². The van der Waals surface area contributed by atoms with Crippen molar-refractivity contribution in [1.82, 2.24) is 10.3 Å². The third-order valence-electron chi connectivity index (χ3n) is 4.03. The Morgan fingerprint density at radius 2 is 1.92 bits per heavy atom. The molecule has 0 saturated carbocycles. The van der Waals surface area contributed by atoms with Gasteiger partial charge in [0.25, 0.3) is 0 Å². The van der Waals surface area contributed by atoms with Gasteiger partial charge in [-0.1, -0.05) is 54.1 Å². The van der Waals surface area contributed by atoms with Crippen molar-refractivity contribution >= 4 is 28.8 Å². The average molecular weight is 371 g/mol. The van der Waals surface area contributed by atoms with E-state index in [-0.39, 0.29) is 18.4 Å². The van der Waals surface area contributed by atoms with E-state index in [2.05, 4.69) is 10.3 Å². The Kier molecular flexibility index (Phi) is 5.51. The Morgan fingerprint density at radius 1 is 1.20 bits per heavy atom. The fraction of sp³-hybridized carbons (Fsp3) is 0.200. The number of benzene rings is 2. The van der Waals surface area contributed by atoms with Crippen molar-refractivity contribution in [3.05, 3.63) is 75.8 Å². The fourth-order valence-electron chi connectivity index (χ4n) is 2.75. The molecule has 0 aliphatic carbocycles. The Hall–Kier alpha value is -2.17. The molecule has 0 radical (unpaired) electrons. The Bertz CT molecular complexity index is 891. The highest BCUT2D eigenvalue weighted by Gasteiger charge is 2.14. The molecule has 1 aromatic heterocycles. The van der Waals surface area contributed by atoms with E-state index in [0.29, 0.717) is 5.02 Å². The summed E-state index contributed by atoms with van der Waals surface area (Å²) in [5.74, 6) is -0.0354. The number of aromatic nitrogens is 1. The molecule has 0 fully saturated rings. The lowest BCUT2D eigenvalue weighted by atomic mass is 10.0. The van der Waals surface area contributed by atoms with Crippen LogP contribution in [0.25, 0.3) is 10.6 Å². The van der Waals surface area contributed by atoms with Gasteiger partial charge in [-0.05, 0) is 31.0 Å². The molecule has 0 aliphatic rings. The van der Waals surface area contributed by atoms with Gasteiger partial charge < -0.3 is 5.32 Å². The van der Waals surface area contributed by atoms with Crippen LogP contribution in [0.2, 0.25) is 5.02 Å². The van der Waals surface area contributed by atoms with Crippen molar-refractivity contribution in [3.63, 3.8) is 0 Å². The maximum Gasteiger partial charge on any atom is 0.226 e. The van der Waals surface area contributed by atoms with Gasteiger partial charge in [0.05, 0.1) is 23.2 Å². The number of halogens is 1. The summed E-state index contributed by atoms with van der Waals surface area (Å²) >= 11 is 7.71. The van der Waals surface area contributed by atoms with E-state index in [4.69, 9.17) is 11.6 Å². The van der Waals surface area contributed by atoms with Crippen molar-refractivity contribution in [2.45, 2.75) is 26.3 Å². The van der Waals surface area contributed by atoms with E-state index in [1.54, 1.807) is 0 Å². The monoisotopic (exact) mass is 370 g/mol. The van der Waals surface area contributed by atoms with E-state index in [9.17, 15) is 4.79 Å². The fourth-order valence-corrected chi connectivity index (χ4v) is 3.89. The molecule has 1 heterocycles. The number of aryl methyl sites for hydroxylation is 1. The Morgan fingerprint density at radius 3 is 2.68 bits per heavy atom. The van der Waals surface area contributed by atoms with E-state index in [1.165, 1.54) is 16.9 Å². The van der Waals surface area contributed by atoms with E-state index < -0.39 is 0 Å². The average Bonchev–Trinajstić information content (AvgIpc) is 3.03. The number of amides is 1. The molecule has 5 heteroatoms. The molecule has 2 aromatic carbocycles. The molecule has 3 aromatic rings. The van der Waals surface area contributed by atoms with Gasteiger partial charge in [0.2, 0.25) is 5.91 Å². The third-order valence-corrected chi connectivity index (χ3v) is 5.28. The van der Waals surface area contributed by atoms with Crippen molar-refractivity contribution in [2.75, 3.05) is 0 Å². The lowest BCUT2D eigenvalue weighted by molar-refractivity contribution is -0.121. The lowest BCUT2D eigenvalue weighted by Gasteiger charge is -2.16. The van der Waals surface area contributed by atoms with Crippen molar-refractivity contribution in [2.24, 2.45) is 0 Å². The van der Waals surface area contributed by atoms with Crippen LogP contribution in [0.4, 0.5) is 0 Å². The van der Waals surface area contributed by atoms with Crippen molar-refractivity contribution in [1.29, 1.82) is 0 Å². The zero-order valence-corrected chi connectivity index (χ0v) is 15.7. The first-order valence-electron chi connectivity index (χ1n) is 8.09. The van der Waals surface area contributed by atoms with Crippen LogP contribution in [0.15, 0.2) is 53.9 Å². The number of nitrogens with zero attached hydrogens (tertiary/aromatic N) is 1. The van der Waals surface area contributed by atoms with E-state index >= 15 is 0 Å². The smallest absolute Gasteiger partial charge is 0.226 e. The molecule has 1 amide bonds. The van der Waals surface area contributed by atoms with Gasteiger partial charge in [-0.3, -0.25) is 4.79 Å². The summed E-state index contributed by atoms with van der Waals surface area (Å²) in [5, 5.41) is 6.46. The second-order valence-electron chi connectivity index (χ2n) is 5.95. The van der Waals surface area contributed by atoms with Crippen molar-refractivity contribution < 1.29 is 4.79 Å². The van der Waals surface area contributed by atoms with Gasteiger partial charge in [0, 0.05) is 10.9 Å². The van der Waals surface area contributed by atoms with Gasteiger partial charge in [0.1, 0.15) is 5.01 Å². The van der Waals surface area contributed by atoms with Gasteiger partial charge in [-0.25, -0.2) is 4.98 Å². The van der Waals surface area contributed by atoms with Gasteiger partial charge in [0.15, 0.2) is 0 Å². The first kappa shape index (κ1) is 17.6. The minimum absolute atomic E-state index is 0.0321. The maximum atomic E-state index is 12.3. The first-order chi connectivity index (χ1) is 12.0. The number of thiazole rings is 1. The molecule has 1 unspecified atom stereocenters. The third kappa shape index (κ3) is 4.27. The van der Waals surface area contributed by atoms with Crippen LogP contribution < -0.4 is 5.32 Å². The number of carbonyl (C=O) groups excluding carboxylic acids is 1. The van der Waals surface area contributed by atoms with Gasteiger partial charge in [-0.2, -0.15) is 0 Å². The molecular weight excluding hydrogens is 352 g/mol. The summed E-state index contributed by atoms with van der Waals surface area (Å²) in [6.07, 6.45) is 0.261. The van der Waals surface area contributed by atoms with E-state index in [0.717, 1.165) is 21.8 Å². The van der Waals surface area contributed by atoms with Crippen LogP contribution in [0.3, 0.4) is 0 Å². The second kappa shape index (κ2) is 7.81. The minimum Gasteiger partial charge on any atom is -0.349 e. The second-order valence-corrected chi connectivity index (χ2v) is 7.21.